The lowest BCUT2D eigenvalue weighted by molar-refractivity contribution is -0.139. The van der Waals surface area contributed by atoms with Gasteiger partial charge in [0.1, 0.15) is 43.3 Å². The fourth-order valence-electron chi connectivity index (χ4n) is 19.4. The van der Waals surface area contributed by atoms with E-state index in [1.54, 1.807) is 131 Å². The summed E-state index contributed by atoms with van der Waals surface area (Å²) >= 11 is 4.08. The molecule has 6 aliphatic rings. The summed E-state index contributed by atoms with van der Waals surface area (Å²) in [6.45, 7) is 6.56. The molecule has 0 spiro atoms. The van der Waals surface area contributed by atoms with Gasteiger partial charge in [-0.15, -0.1) is 34.4 Å². The van der Waals surface area contributed by atoms with E-state index in [2.05, 4.69) is 91.4 Å². The molecule has 0 bridgehead atoms. The highest BCUT2D eigenvalue weighted by molar-refractivity contribution is 8.00. The molecule has 6 fully saturated rings. The third-order valence-electron chi connectivity index (χ3n) is 27.9. The van der Waals surface area contributed by atoms with E-state index in [4.69, 9.17) is 9.47 Å². The molecule has 16 heterocycles. The van der Waals surface area contributed by atoms with Crippen molar-refractivity contribution in [3.8, 4) is 66.4 Å². The van der Waals surface area contributed by atoms with Crippen LogP contribution in [-0.4, -0.2) is 275 Å². The highest BCUT2D eigenvalue weighted by Gasteiger charge is 2.51. The van der Waals surface area contributed by atoms with Gasteiger partial charge in [0.25, 0.3) is 18.2 Å². The van der Waals surface area contributed by atoms with Crippen LogP contribution >= 0.6 is 34.4 Å². The average Bonchev–Trinajstić information content (AvgIpc) is 1.58. The first kappa shape index (κ1) is 98.7. The zero-order valence-corrected chi connectivity index (χ0v) is 81.5. The van der Waals surface area contributed by atoms with Crippen molar-refractivity contribution in [2.24, 2.45) is 0 Å². The number of rotatable bonds is 25. The van der Waals surface area contributed by atoms with Gasteiger partial charge in [0.05, 0.1) is 57.3 Å². The summed E-state index contributed by atoms with van der Waals surface area (Å²) in [5.41, 5.74) is 3.71. The van der Waals surface area contributed by atoms with Crippen molar-refractivity contribution < 1.29 is 64.6 Å². The standard InChI is InChI=1S/C36H35F3N8O3.C34H33F2N7O3S.C33H34FN9O2S2/c1-50-36(34(49)43-26-7-8-28-27(20-26)31(45-44-28)24-9-15-40-29(19-24)32(37)38)12-16-46(22-36)21-30(48)47-17-10-35(39,11-18-47)25-5-3-23(4-6-25)33-41-13-2-14-42-33;1-46-34(31(45)39-24-9-10-26-25(18-24)30(41-40-26)22-5-7-23(35)8-6-22)13-15-42(21-34)20-29(44)43-16-11-33(36,12-17-43)32-38-19-28(47-32)27-4-2-3-14-37-27;1-21-16-22(6-12-35-21)28-24-17-23(4-5-25(24)40-41-28)39-30(45)33(46-2)9-13-42(20-33)19-27(44)43-14-7-32(34,8-15-43)31-38-18-26(47-31)29-36-10-3-11-37-29/h2-9,13-15,19-20,32H,10-12,16-18,21-22H2,1H3,(H,43,49)(H,44,45);2-10,14,18-19H,11-13,15-17,20-21H2,1H3,(H,39,45)(H,40,41);3-6,10-12,16-18H,7-9,13-15,19-20H2,1-2H3,(H,39,45)(H,40,41)/t36-;34-;33-/m000/s1. The molecule has 41 heteroatoms. The number of hydrogen-bond acceptors (Lipinski definition) is 26. The molecule has 0 radical (unpaired) electrons. The van der Waals surface area contributed by atoms with Crippen molar-refractivity contribution in [2.75, 3.05) is 135 Å². The number of amides is 6. The number of methoxy groups -OCH3 is 2. The molecular formula is C103H102F6N24O8S3. The number of H-pyrrole nitrogens is 3. The second-order valence-electron chi connectivity index (χ2n) is 36.8. The van der Waals surface area contributed by atoms with Gasteiger partial charge >= 0.3 is 0 Å². The Bertz CT molecular complexity index is 7170. The normalized spacial score (nSPS) is 19.5. The van der Waals surface area contributed by atoms with Gasteiger partial charge in [0.15, 0.2) is 34.2 Å². The molecule has 5 aromatic carbocycles. The number of ether oxygens (including phenoxy) is 2. The molecule has 21 rings (SSSR count). The van der Waals surface area contributed by atoms with Crippen LogP contribution in [0.2, 0.25) is 0 Å². The number of fused-ring (bicyclic) bond motifs is 3. The van der Waals surface area contributed by atoms with Crippen LogP contribution in [0.25, 0.3) is 99.1 Å². The van der Waals surface area contributed by atoms with E-state index >= 15 is 13.2 Å². The van der Waals surface area contributed by atoms with Gasteiger partial charge in [-0.3, -0.25) is 73.7 Å². The lowest BCUT2D eigenvalue weighted by Crippen LogP contribution is -2.49. The molecule has 10 aromatic heterocycles. The van der Waals surface area contributed by atoms with Crippen LogP contribution in [0.5, 0.6) is 0 Å². The maximum absolute atomic E-state index is 16.0. The van der Waals surface area contributed by atoms with Crippen LogP contribution in [0, 0.1) is 12.7 Å². The number of halogens is 6. The zero-order valence-electron chi connectivity index (χ0n) is 79.1. The number of nitrogens with zero attached hydrogens (tertiary/aromatic N) is 18. The van der Waals surface area contributed by atoms with E-state index in [1.807, 2.05) is 101 Å². The minimum atomic E-state index is -2.72. The molecule has 3 atom stereocenters. The Morgan fingerprint density at radius 3 is 1.33 bits per heavy atom. The van der Waals surface area contributed by atoms with Crippen molar-refractivity contribution in [3.63, 3.8) is 0 Å². The number of benzene rings is 5. The number of likely N-dealkylation sites (tertiary alicyclic amines) is 6. The Morgan fingerprint density at radius 1 is 0.424 bits per heavy atom. The molecule has 32 nitrogen and oxygen atoms in total. The van der Waals surface area contributed by atoms with Gasteiger partial charge in [0.2, 0.25) is 23.6 Å². The summed E-state index contributed by atoms with van der Waals surface area (Å²) in [6.07, 6.45) is 16.3. The largest absolute Gasteiger partial charge is 0.367 e. The summed E-state index contributed by atoms with van der Waals surface area (Å²) in [6, 6.07) is 45.4. The summed E-state index contributed by atoms with van der Waals surface area (Å²) in [7, 11) is 2.97. The van der Waals surface area contributed by atoms with Crippen molar-refractivity contribution in [3.05, 3.63) is 246 Å². The molecule has 0 saturated carbocycles. The van der Waals surface area contributed by atoms with Crippen LogP contribution in [0.3, 0.4) is 0 Å². The maximum atomic E-state index is 16.0. The van der Waals surface area contributed by atoms with Crippen molar-refractivity contribution in [2.45, 2.75) is 104 Å². The predicted octanol–water partition coefficient (Wildman–Crippen LogP) is 16.0. The number of piperidine rings is 3. The molecule has 0 unspecified atom stereocenters. The van der Waals surface area contributed by atoms with Gasteiger partial charge in [-0.25, -0.2) is 56.2 Å². The second kappa shape index (κ2) is 42.1. The molecule has 6 N–H and O–H groups in total. The number of thiazole rings is 2. The lowest BCUT2D eigenvalue weighted by atomic mass is 9.85. The maximum Gasteiger partial charge on any atom is 0.280 e. The molecule has 742 valence electrons. The smallest absolute Gasteiger partial charge is 0.280 e. The number of carbonyl (C=O) groups excluding carboxylic acids is 6. The number of aryl methyl sites for hydroxylation is 1. The SMILES string of the molecule is CO[C@@]1(C(=O)Nc2ccc3[nH]nc(-c4ccc(F)cc4)c3c2)CCN(CC(=O)N2CCC(F)(c3ncc(-c4ccccn4)s3)CC2)C1.CO[C@@]1(C(=O)Nc2ccc3[nH]nc(-c4ccnc(C(F)F)c4)c3c2)CCN(CC(=O)N2CCC(F)(c3ccc(-c4ncccn4)cc3)CC2)C1.CS[C@@]1(C(=O)Nc2ccc3[nH]nc(-c4ccnc(C)c4)c3c2)CCN(CC(=O)N2CCC(F)(c3ncc(-c4ncccn4)s3)CC2)C1. The Balaban J connectivity index is 0.000000137. The van der Waals surface area contributed by atoms with Gasteiger partial charge in [-0.05, 0) is 165 Å². The Labute approximate surface area is 835 Å². The van der Waals surface area contributed by atoms with E-state index in [0.717, 1.165) is 65.3 Å². The van der Waals surface area contributed by atoms with Crippen LogP contribution < -0.4 is 16.0 Å². The first-order valence-corrected chi connectivity index (χ1v) is 50.1. The fourth-order valence-corrected chi connectivity index (χ4v) is 22.3. The first-order valence-electron chi connectivity index (χ1n) is 47.2. The average molecular weight is 2010 g/mol. The fraction of sp³-hybridized carbons (Fsp3) is 0.340. The monoisotopic (exact) mass is 2010 g/mol. The van der Waals surface area contributed by atoms with E-state index in [9.17, 15) is 41.9 Å². The van der Waals surface area contributed by atoms with Crippen LogP contribution in [-0.2, 0) is 55.2 Å². The highest BCUT2D eigenvalue weighted by atomic mass is 32.2. The number of aromatic nitrogens is 15. The summed E-state index contributed by atoms with van der Waals surface area (Å²) < 4.78 is 98.9. The summed E-state index contributed by atoms with van der Waals surface area (Å²) in [5.74, 6) is -0.282. The van der Waals surface area contributed by atoms with E-state index < -0.39 is 39.4 Å². The van der Waals surface area contributed by atoms with Gasteiger partial charge in [-0.1, -0.05) is 30.3 Å². The Kier molecular flexibility index (Phi) is 28.8. The molecule has 6 aliphatic heterocycles. The number of pyridine rings is 3. The molecule has 0 aliphatic carbocycles. The minimum Gasteiger partial charge on any atom is -0.367 e. The first-order chi connectivity index (χ1) is 69.7. The Hall–Kier alpha value is -14.1. The molecular weight excluding hydrogens is 1910 g/mol. The number of anilines is 3. The zero-order chi connectivity index (χ0) is 100. The number of hydrogen-bond donors (Lipinski definition) is 6. The van der Waals surface area contributed by atoms with E-state index in [1.165, 1.54) is 73.1 Å². The van der Waals surface area contributed by atoms with Crippen LogP contribution in [0.15, 0.2) is 213 Å². The summed E-state index contributed by atoms with van der Waals surface area (Å²) in [4.78, 5) is 131. The lowest BCUT2D eigenvalue weighted by Gasteiger charge is -2.37. The van der Waals surface area contributed by atoms with Gasteiger partial charge in [-0.2, -0.15) is 15.3 Å². The van der Waals surface area contributed by atoms with E-state index in [-0.39, 0.29) is 144 Å². The van der Waals surface area contributed by atoms with Crippen LogP contribution in [0.4, 0.5) is 43.4 Å². The molecule has 144 heavy (non-hydrogen) atoms. The highest BCUT2D eigenvalue weighted by Crippen LogP contribution is 2.46. The van der Waals surface area contributed by atoms with Gasteiger partial charge in [0, 0.05) is 248 Å². The molecule has 6 amide bonds. The topological polar surface area (TPSA) is 378 Å². The third kappa shape index (κ3) is 21.2. The van der Waals surface area contributed by atoms with Crippen molar-refractivity contribution >= 4 is 120 Å². The number of aromatic amines is 3. The van der Waals surface area contributed by atoms with Gasteiger partial charge < -0.3 is 40.1 Å². The minimum absolute atomic E-state index is 0.0498. The number of carbonyl (C=O) groups is 6. The quantitative estimate of drug-likeness (QED) is 0.0289. The number of thioether (sulfide) groups is 1. The molecule has 6 saturated heterocycles. The third-order valence-corrected chi connectivity index (χ3v) is 31.6. The van der Waals surface area contributed by atoms with Crippen LogP contribution in [0.1, 0.15) is 91.2 Å². The summed E-state index contributed by atoms with van der Waals surface area (Å²) in [5, 5.41) is 34.3. The number of alkyl halides is 5. The molecule has 15 aromatic rings. The second-order valence-corrected chi connectivity index (χ2v) is 40.1. The number of nitrogens with one attached hydrogen (secondary N) is 6. The van der Waals surface area contributed by atoms with Crippen molar-refractivity contribution in [1.29, 1.82) is 0 Å². The predicted molar refractivity (Wildman–Crippen MR) is 536 cm³/mol. The van der Waals surface area contributed by atoms with E-state index in [0.29, 0.717) is 131 Å². The Morgan fingerprint density at radius 2 is 0.854 bits per heavy atom. The van der Waals surface area contributed by atoms with Crippen molar-refractivity contribution in [1.82, 2.24) is 105 Å².